The van der Waals surface area contributed by atoms with Crippen molar-refractivity contribution in [2.45, 2.75) is 65.5 Å². The Morgan fingerprint density at radius 2 is 1.24 bits per heavy atom. The van der Waals surface area contributed by atoms with Crippen molar-refractivity contribution < 1.29 is 14.7 Å². The molecule has 2 fully saturated rings. The molecular formula is C40H48N10O3S2. The van der Waals surface area contributed by atoms with E-state index in [1.807, 2.05) is 66.5 Å². The molecule has 0 aliphatic carbocycles. The van der Waals surface area contributed by atoms with E-state index in [1.165, 1.54) is 38.5 Å². The molecule has 0 aromatic carbocycles. The summed E-state index contributed by atoms with van der Waals surface area (Å²) in [5, 5.41) is 18.4. The Hall–Kier alpha value is -5.54. The number of pyridine rings is 2. The highest BCUT2D eigenvalue weighted by Crippen LogP contribution is 2.26. The number of aromatic carboxylic acids is 1. The summed E-state index contributed by atoms with van der Waals surface area (Å²) in [6.45, 7) is 9.34. The lowest BCUT2D eigenvalue weighted by Crippen LogP contribution is -2.29. The first-order chi connectivity index (χ1) is 26.7. The Morgan fingerprint density at radius 3 is 1.69 bits per heavy atom. The number of thiazole rings is 2. The fraction of sp³-hybridized carbons (Fsp3) is 0.350. The number of aromatic nitrogens is 6. The Bertz CT molecular complexity index is 2110. The van der Waals surface area contributed by atoms with Gasteiger partial charge in [-0.3, -0.25) is 4.79 Å². The molecule has 13 nitrogen and oxygen atoms in total. The Kier molecular flexibility index (Phi) is 13.6. The second-order valence-corrected chi connectivity index (χ2v) is 15.3. The smallest absolute Gasteiger partial charge is 0.352 e. The molecule has 0 spiro atoms. The van der Waals surface area contributed by atoms with Gasteiger partial charge in [-0.25, -0.2) is 24.7 Å². The molecule has 1 amide bonds. The maximum Gasteiger partial charge on any atom is 0.352 e. The van der Waals surface area contributed by atoms with Crippen LogP contribution in [0.3, 0.4) is 0 Å². The molecule has 4 N–H and O–H groups in total. The SMILES string of the molecule is Cc1cc(C(=O)Nc2ccccn2)n(Cc2csc(N3CCCCC3)n2)c1.Cc1cc(C(=O)O)n(Cc2csc(N3CCCCC3)n2)c1.Nc1ccccn1. The highest BCUT2D eigenvalue weighted by molar-refractivity contribution is 7.14. The van der Waals surface area contributed by atoms with Crippen molar-refractivity contribution in [1.29, 1.82) is 0 Å². The topological polar surface area (TPSA) is 160 Å². The number of nitrogens with one attached hydrogen (secondary N) is 1. The number of anilines is 4. The number of aryl methyl sites for hydroxylation is 2. The van der Waals surface area contributed by atoms with E-state index < -0.39 is 5.97 Å². The van der Waals surface area contributed by atoms with Gasteiger partial charge < -0.3 is 35.1 Å². The third kappa shape index (κ3) is 11.2. The minimum atomic E-state index is -0.894. The van der Waals surface area contributed by atoms with Gasteiger partial charge in [-0.1, -0.05) is 12.1 Å². The fourth-order valence-electron chi connectivity index (χ4n) is 6.49. The summed E-state index contributed by atoms with van der Waals surface area (Å²) >= 11 is 3.34. The summed E-state index contributed by atoms with van der Waals surface area (Å²) in [5.74, 6) is 0.0688. The summed E-state index contributed by atoms with van der Waals surface area (Å²) in [7, 11) is 0. The van der Waals surface area contributed by atoms with E-state index in [-0.39, 0.29) is 5.91 Å². The number of carboxylic acid groups (broad SMARTS) is 1. The first kappa shape index (κ1) is 39.2. The molecule has 0 bridgehead atoms. The lowest BCUT2D eigenvalue weighted by atomic mass is 10.1. The molecule has 2 aliphatic heterocycles. The second-order valence-electron chi connectivity index (χ2n) is 13.6. The predicted molar refractivity (Wildman–Crippen MR) is 221 cm³/mol. The van der Waals surface area contributed by atoms with Crippen molar-refractivity contribution in [1.82, 2.24) is 29.1 Å². The van der Waals surface area contributed by atoms with Gasteiger partial charge in [-0.05, 0) is 99.9 Å². The van der Waals surface area contributed by atoms with Crippen LogP contribution in [0.1, 0.15) is 82.0 Å². The van der Waals surface area contributed by atoms with Crippen LogP contribution in [0, 0.1) is 13.8 Å². The number of piperidine rings is 2. The molecule has 0 atom stereocenters. The number of carbonyl (C=O) groups excluding carboxylic acids is 1. The number of rotatable bonds is 9. The standard InChI is InChI=1S/C20H23N5OS.C15H19N3O2S.C5H6N2/c1-15-11-17(19(26)23-18-7-3-4-8-21-18)25(12-15)13-16-14-27-20(22-16)24-9-5-2-6-10-24;1-11-7-13(14(19)20)18(8-11)9-12-10-21-15(16-12)17-5-3-2-4-6-17;6-5-3-1-2-4-7-5/h3-4,7-8,11-12,14H,2,5-6,9-10,13H2,1H3,(H,21,23,26);7-8,10H,2-6,9H2,1H3,(H,19,20);1-4H,(H2,6,7). The lowest BCUT2D eigenvalue weighted by molar-refractivity contribution is 0.0685. The van der Waals surface area contributed by atoms with Gasteiger partial charge in [-0.2, -0.15) is 0 Å². The van der Waals surface area contributed by atoms with E-state index in [2.05, 4.69) is 35.4 Å². The van der Waals surface area contributed by atoms with E-state index >= 15 is 0 Å². The van der Waals surface area contributed by atoms with Gasteiger partial charge in [0.2, 0.25) is 0 Å². The van der Waals surface area contributed by atoms with Crippen molar-refractivity contribution in [2.24, 2.45) is 0 Å². The summed E-state index contributed by atoms with van der Waals surface area (Å²) in [6.07, 6.45) is 14.7. The number of hydrogen-bond acceptors (Lipinski definition) is 11. The average molecular weight is 781 g/mol. The van der Waals surface area contributed by atoms with Crippen molar-refractivity contribution in [2.75, 3.05) is 47.0 Å². The predicted octanol–water partition coefficient (Wildman–Crippen LogP) is 7.59. The van der Waals surface area contributed by atoms with Crippen LogP contribution < -0.4 is 20.9 Å². The molecule has 2 aliphatic rings. The monoisotopic (exact) mass is 780 g/mol. The van der Waals surface area contributed by atoms with Crippen LogP contribution in [0.2, 0.25) is 0 Å². The van der Waals surface area contributed by atoms with E-state index in [0.29, 0.717) is 36.1 Å². The van der Waals surface area contributed by atoms with Gasteiger partial charge in [0.05, 0.1) is 24.5 Å². The van der Waals surface area contributed by atoms with Crippen LogP contribution in [0.4, 0.5) is 21.9 Å². The highest BCUT2D eigenvalue weighted by atomic mass is 32.1. The molecule has 8 rings (SSSR count). The van der Waals surface area contributed by atoms with E-state index in [9.17, 15) is 14.7 Å². The van der Waals surface area contributed by atoms with Crippen LogP contribution >= 0.6 is 22.7 Å². The number of nitrogens with two attached hydrogens (primary N) is 1. The Morgan fingerprint density at radius 1 is 0.727 bits per heavy atom. The highest BCUT2D eigenvalue weighted by Gasteiger charge is 2.19. The fourth-order valence-corrected chi connectivity index (χ4v) is 8.23. The van der Waals surface area contributed by atoms with Gasteiger partial charge in [-0.15, -0.1) is 22.7 Å². The first-order valence-corrected chi connectivity index (χ1v) is 20.3. The zero-order valence-electron chi connectivity index (χ0n) is 31.3. The molecule has 0 unspecified atom stereocenters. The van der Waals surface area contributed by atoms with Crippen LogP contribution in [-0.2, 0) is 13.1 Å². The molecule has 15 heteroatoms. The number of carbonyl (C=O) groups is 2. The van der Waals surface area contributed by atoms with Gasteiger partial charge in [0.15, 0.2) is 10.3 Å². The second kappa shape index (κ2) is 19.2. The molecule has 8 heterocycles. The largest absolute Gasteiger partial charge is 0.477 e. The molecule has 6 aromatic rings. The minimum Gasteiger partial charge on any atom is -0.477 e. The number of nitrogens with zero attached hydrogens (tertiary/aromatic N) is 8. The van der Waals surface area contributed by atoms with Crippen LogP contribution in [0.5, 0.6) is 0 Å². The van der Waals surface area contributed by atoms with Crippen molar-refractivity contribution in [3.63, 3.8) is 0 Å². The summed E-state index contributed by atoms with van der Waals surface area (Å²) < 4.78 is 3.72. The van der Waals surface area contributed by atoms with Gasteiger partial charge >= 0.3 is 5.97 Å². The normalized spacial score (nSPS) is 14.0. The summed E-state index contributed by atoms with van der Waals surface area (Å²) in [6, 6.07) is 14.5. The zero-order valence-corrected chi connectivity index (χ0v) is 32.9. The molecule has 6 aromatic heterocycles. The van der Waals surface area contributed by atoms with Crippen LogP contribution in [-0.4, -0.2) is 72.2 Å². The molecule has 2 saturated heterocycles. The first-order valence-electron chi connectivity index (χ1n) is 18.6. The quantitative estimate of drug-likeness (QED) is 0.133. The zero-order chi connectivity index (χ0) is 38.6. The van der Waals surface area contributed by atoms with Crippen molar-refractivity contribution >= 4 is 56.4 Å². The van der Waals surface area contributed by atoms with E-state index in [1.54, 1.807) is 57.8 Å². The Balaban J connectivity index is 0.000000162. The Labute approximate surface area is 329 Å². The molecule has 0 saturated carbocycles. The van der Waals surface area contributed by atoms with E-state index in [0.717, 1.165) is 59.0 Å². The van der Waals surface area contributed by atoms with Gasteiger partial charge in [0.1, 0.15) is 23.0 Å². The maximum atomic E-state index is 12.7. The number of amides is 1. The van der Waals surface area contributed by atoms with Gasteiger partial charge in [0, 0.05) is 61.7 Å². The summed E-state index contributed by atoms with van der Waals surface area (Å²) in [5.41, 5.74) is 10.1. The summed E-state index contributed by atoms with van der Waals surface area (Å²) in [4.78, 5) is 46.0. The third-order valence-electron chi connectivity index (χ3n) is 9.11. The lowest BCUT2D eigenvalue weighted by Gasteiger charge is -2.25. The number of hydrogen-bond donors (Lipinski definition) is 3. The van der Waals surface area contributed by atoms with Crippen LogP contribution in [0.15, 0.2) is 84.1 Å². The van der Waals surface area contributed by atoms with Crippen molar-refractivity contribution in [3.8, 4) is 0 Å². The number of carboxylic acids is 1. The average Bonchev–Trinajstić information content (AvgIpc) is 4.02. The van der Waals surface area contributed by atoms with Crippen molar-refractivity contribution in [3.05, 3.63) is 118 Å². The molecule has 0 radical (unpaired) electrons. The van der Waals surface area contributed by atoms with Crippen LogP contribution in [0.25, 0.3) is 0 Å². The minimum absolute atomic E-state index is 0.159. The molecular weight excluding hydrogens is 733 g/mol. The number of nitrogen functional groups attached to an aromatic ring is 1. The van der Waals surface area contributed by atoms with Gasteiger partial charge in [0.25, 0.3) is 5.91 Å². The molecule has 55 heavy (non-hydrogen) atoms. The third-order valence-corrected chi connectivity index (χ3v) is 11.0. The molecule has 288 valence electrons. The maximum absolute atomic E-state index is 12.7. The van der Waals surface area contributed by atoms with E-state index in [4.69, 9.17) is 10.7 Å².